The quantitative estimate of drug-likeness (QED) is 0.361. The molecule has 162 valence electrons. The second-order valence-corrected chi connectivity index (χ2v) is 8.24. The van der Waals surface area contributed by atoms with Crippen LogP contribution in [0.25, 0.3) is 0 Å². The molecule has 0 saturated heterocycles. The molecule has 3 rings (SSSR count). The second-order valence-electron chi connectivity index (χ2n) is 7.16. The summed E-state index contributed by atoms with van der Waals surface area (Å²) >= 11 is 1.48. The lowest BCUT2D eigenvalue weighted by atomic mass is 10.1. The van der Waals surface area contributed by atoms with E-state index in [1.807, 2.05) is 37.3 Å². The van der Waals surface area contributed by atoms with Crippen LogP contribution in [0.2, 0.25) is 0 Å². The molecule has 0 radical (unpaired) electrons. The summed E-state index contributed by atoms with van der Waals surface area (Å²) in [5, 5.41) is 11.1. The Hall–Kier alpha value is -3.12. The smallest absolute Gasteiger partial charge is 0.341 e. The van der Waals surface area contributed by atoms with E-state index in [4.69, 9.17) is 4.74 Å². The number of nitrogens with zero attached hydrogens (tertiary/aromatic N) is 2. The molecular weight excluding hydrogens is 408 g/mol. The maximum absolute atomic E-state index is 12.4. The Labute approximate surface area is 187 Å². The number of esters is 1. The number of hydrogen-bond acceptors (Lipinski definition) is 6. The Morgan fingerprint density at radius 3 is 2.48 bits per heavy atom. The van der Waals surface area contributed by atoms with Crippen LogP contribution in [0.5, 0.6) is 5.75 Å². The van der Waals surface area contributed by atoms with Crippen LogP contribution in [0.15, 0.2) is 53.5 Å². The number of aliphatic imine (C=N–C) groups is 1. The highest BCUT2D eigenvalue weighted by Gasteiger charge is 2.21. The van der Waals surface area contributed by atoms with Crippen LogP contribution >= 0.6 is 11.3 Å². The number of phenols is 1. The predicted octanol–water partition coefficient (Wildman–Crippen LogP) is 5.74. The average Bonchev–Trinajstić information content (AvgIpc) is 3.09. The number of phenolic OH excluding ortho intramolecular Hbond substituents is 1. The van der Waals surface area contributed by atoms with Crippen LogP contribution < -0.4 is 4.90 Å². The zero-order chi connectivity index (χ0) is 22.4. The van der Waals surface area contributed by atoms with Gasteiger partial charge in [-0.15, -0.1) is 11.3 Å². The van der Waals surface area contributed by atoms with Crippen molar-refractivity contribution in [2.75, 3.05) is 25.1 Å². The fourth-order valence-corrected chi connectivity index (χ4v) is 4.65. The summed E-state index contributed by atoms with van der Waals surface area (Å²) in [5.41, 5.74) is 4.10. The maximum Gasteiger partial charge on any atom is 0.341 e. The normalized spacial score (nSPS) is 11.1. The number of rotatable bonds is 8. The van der Waals surface area contributed by atoms with Gasteiger partial charge in [-0.1, -0.05) is 30.3 Å². The molecule has 6 heteroatoms. The highest BCUT2D eigenvalue weighted by molar-refractivity contribution is 7.16. The minimum Gasteiger partial charge on any atom is -0.507 e. The SMILES string of the molecule is CCN(CC)c1ccc(C=Nc2sc(Cc3ccccc3)c(C)c2C(=O)OC)c(O)c1. The number of aromatic hydroxyl groups is 1. The van der Waals surface area contributed by atoms with Gasteiger partial charge in [-0.3, -0.25) is 0 Å². The first-order valence-corrected chi connectivity index (χ1v) is 11.2. The Morgan fingerprint density at radius 2 is 1.87 bits per heavy atom. The van der Waals surface area contributed by atoms with E-state index in [2.05, 4.69) is 35.9 Å². The number of carbonyl (C=O) groups excluding carboxylic acids is 1. The summed E-state index contributed by atoms with van der Waals surface area (Å²) in [7, 11) is 1.38. The lowest BCUT2D eigenvalue weighted by Crippen LogP contribution is -2.21. The third-order valence-electron chi connectivity index (χ3n) is 5.29. The Kier molecular flexibility index (Phi) is 7.47. The standard InChI is InChI=1S/C25H28N2O3S/c1-5-27(6-2)20-13-12-19(21(28)15-20)16-26-24-23(25(29)30-4)17(3)22(31-24)14-18-10-8-7-9-11-18/h7-13,15-16,28H,5-6,14H2,1-4H3. The van der Waals surface area contributed by atoms with Crippen molar-refractivity contribution in [1.29, 1.82) is 0 Å². The molecule has 0 aliphatic rings. The average molecular weight is 437 g/mol. The fourth-order valence-electron chi connectivity index (χ4n) is 3.48. The van der Waals surface area contributed by atoms with Crippen molar-refractivity contribution in [3.63, 3.8) is 0 Å². The molecule has 0 amide bonds. The molecule has 5 nitrogen and oxygen atoms in total. The molecule has 0 saturated carbocycles. The van der Waals surface area contributed by atoms with E-state index in [0.717, 1.165) is 35.6 Å². The van der Waals surface area contributed by atoms with Gasteiger partial charge in [0.15, 0.2) is 0 Å². The number of carbonyl (C=O) groups is 1. The molecule has 0 unspecified atom stereocenters. The lowest BCUT2D eigenvalue weighted by Gasteiger charge is -2.21. The number of ether oxygens (including phenoxy) is 1. The molecule has 0 fully saturated rings. The number of methoxy groups -OCH3 is 1. The molecule has 2 aromatic carbocycles. The number of hydrogen-bond donors (Lipinski definition) is 1. The van der Waals surface area contributed by atoms with Crippen LogP contribution in [0.3, 0.4) is 0 Å². The predicted molar refractivity (Wildman–Crippen MR) is 129 cm³/mol. The summed E-state index contributed by atoms with van der Waals surface area (Å²) in [4.78, 5) is 20.2. The van der Waals surface area contributed by atoms with Crippen LogP contribution in [0.4, 0.5) is 10.7 Å². The van der Waals surface area contributed by atoms with Crippen molar-refractivity contribution in [3.8, 4) is 5.75 Å². The zero-order valence-electron chi connectivity index (χ0n) is 18.4. The first-order chi connectivity index (χ1) is 15.0. The molecule has 0 aliphatic heterocycles. The van der Waals surface area contributed by atoms with Crippen molar-refractivity contribution in [3.05, 3.63) is 75.7 Å². The van der Waals surface area contributed by atoms with E-state index in [1.54, 1.807) is 12.3 Å². The first-order valence-electron chi connectivity index (χ1n) is 10.3. The van der Waals surface area contributed by atoms with E-state index in [0.29, 0.717) is 16.1 Å². The molecular formula is C25H28N2O3S. The van der Waals surface area contributed by atoms with Crippen molar-refractivity contribution in [1.82, 2.24) is 0 Å². The largest absolute Gasteiger partial charge is 0.507 e. The molecule has 0 atom stereocenters. The number of benzene rings is 2. The van der Waals surface area contributed by atoms with Crippen molar-refractivity contribution in [2.24, 2.45) is 4.99 Å². The van der Waals surface area contributed by atoms with Crippen molar-refractivity contribution in [2.45, 2.75) is 27.2 Å². The van der Waals surface area contributed by atoms with E-state index in [9.17, 15) is 9.90 Å². The van der Waals surface area contributed by atoms with Gasteiger partial charge in [-0.2, -0.15) is 0 Å². The summed E-state index contributed by atoms with van der Waals surface area (Å²) < 4.78 is 5.00. The molecule has 1 N–H and O–H groups in total. The summed E-state index contributed by atoms with van der Waals surface area (Å²) in [5.74, 6) is -0.244. The third kappa shape index (κ3) is 5.14. The van der Waals surface area contributed by atoms with Crippen molar-refractivity contribution >= 4 is 34.2 Å². The van der Waals surface area contributed by atoms with E-state index in [1.165, 1.54) is 24.0 Å². The molecule has 3 aromatic rings. The summed E-state index contributed by atoms with van der Waals surface area (Å²) in [6.45, 7) is 7.82. The van der Waals surface area contributed by atoms with Gasteiger partial charge in [-0.25, -0.2) is 9.79 Å². The van der Waals surface area contributed by atoms with Gasteiger partial charge in [0.1, 0.15) is 10.8 Å². The topological polar surface area (TPSA) is 62.1 Å². The molecule has 31 heavy (non-hydrogen) atoms. The van der Waals surface area contributed by atoms with Gasteiger partial charge in [-0.05, 0) is 44.0 Å². The van der Waals surface area contributed by atoms with E-state index in [-0.39, 0.29) is 5.75 Å². The number of anilines is 1. The van der Waals surface area contributed by atoms with Crippen LogP contribution in [-0.4, -0.2) is 37.5 Å². The number of thiophene rings is 1. The fraction of sp³-hybridized carbons (Fsp3) is 0.280. The zero-order valence-corrected chi connectivity index (χ0v) is 19.2. The monoisotopic (exact) mass is 436 g/mol. The molecule has 1 heterocycles. The van der Waals surface area contributed by atoms with Crippen LogP contribution in [-0.2, 0) is 11.2 Å². The van der Waals surface area contributed by atoms with Gasteiger partial charge >= 0.3 is 5.97 Å². The summed E-state index contributed by atoms with van der Waals surface area (Å²) in [6, 6.07) is 15.7. The van der Waals surface area contributed by atoms with E-state index < -0.39 is 5.97 Å². The van der Waals surface area contributed by atoms with Gasteiger partial charge < -0.3 is 14.7 Å². The molecule has 0 spiro atoms. The highest BCUT2D eigenvalue weighted by Crippen LogP contribution is 2.37. The Balaban J connectivity index is 1.94. The van der Waals surface area contributed by atoms with Gasteiger partial charge in [0.05, 0.1) is 12.7 Å². The van der Waals surface area contributed by atoms with Crippen molar-refractivity contribution < 1.29 is 14.6 Å². The lowest BCUT2D eigenvalue weighted by molar-refractivity contribution is 0.0601. The third-order valence-corrected chi connectivity index (χ3v) is 6.49. The van der Waals surface area contributed by atoms with Gasteiger partial charge in [0, 0.05) is 47.9 Å². The molecule has 0 bridgehead atoms. The first kappa shape index (κ1) is 22.6. The maximum atomic E-state index is 12.4. The minimum absolute atomic E-state index is 0.158. The van der Waals surface area contributed by atoms with Gasteiger partial charge in [0.2, 0.25) is 0 Å². The van der Waals surface area contributed by atoms with Crippen LogP contribution in [0, 0.1) is 6.92 Å². The molecule has 0 aliphatic carbocycles. The van der Waals surface area contributed by atoms with Crippen LogP contribution in [0.1, 0.15) is 45.8 Å². The Morgan fingerprint density at radius 1 is 1.16 bits per heavy atom. The summed E-state index contributed by atoms with van der Waals surface area (Å²) in [6.07, 6.45) is 2.33. The molecule has 1 aromatic heterocycles. The van der Waals surface area contributed by atoms with E-state index >= 15 is 0 Å². The Bertz CT molecular complexity index is 1070. The van der Waals surface area contributed by atoms with Gasteiger partial charge in [0.25, 0.3) is 0 Å². The second kappa shape index (κ2) is 10.3. The minimum atomic E-state index is -0.402. The highest BCUT2D eigenvalue weighted by atomic mass is 32.1.